The van der Waals surface area contributed by atoms with Crippen molar-refractivity contribution in [3.05, 3.63) is 65.7 Å². The highest BCUT2D eigenvalue weighted by atomic mass is 16.5. The molecule has 2 amide bonds. The van der Waals surface area contributed by atoms with E-state index in [0.717, 1.165) is 0 Å². The van der Waals surface area contributed by atoms with Gasteiger partial charge in [-0.1, -0.05) is 42.5 Å². The number of esters is 1. The topological polar surface area (TPSA) is 95.9 Å². The van der Waals surface area contributed by atoms with E-state index in [1.165, 1.54) is 24.1 Å². The molecule has 2 saturated heterocycles. The fraction of sp³-hybridized carbons (Fsp3) is 0.318. The Morgan fingerprint density at radius 3 is 2.34 bits per heavy atom. The van der Waals surface area contributed by atoms with Gasteiger partial charge >= 0.3 is 5.97 Å². The fourth-order valence-electron chi connectivity index (χ4n) is 4.68. The summed E-state index contributed by atoms with van der Waals surface area (Å²) in [5.74, 6) is -2.90. The van der Waals surface area contributed by atoms with Crippen LogP contribution in [0.15, 0.2) is 54.6 Å². The highest BCUT2D eigenvalue weighted by Crippen LogP contribution is 2.53. The molecule has 4 atom stereocenters. The van der Waals surface area contributed by atoms with Crippen LogP contribution in [0.4, 0.5) is 0 Å². The Labute approximate surface area is 168 Å². The van der Waals surface area contributed by atoms with Crippen molar-refractivity contribution < 1.29 is 24.2 Å². The van der Waals surface area contributed by atoms with E-state index in [0.29, 0.717) is 11.1 Å². The van der Waals surface area contributed by atoms with Gasteiger partial charge in [0.1, 0.15) is 5.75 Å². The summed E-state index contributed by atoms with van der Waals surface area (Å²) in [7, 11) is 1.27. The second-order valence-corrected chi connectivity index (χ2v) is 7.30. The molecule has 0 unspecified atom stereocenters. The maximum absolute atomic E-state index is 13.3. The quantitative estimate of drug-likeness (QED) is 0.606. The van der Waals surface area contributed by atoms with Crippen LogP contribution in [0.25, 0.3) is 0 Å². The summed E-state index contributed by atoms with van der Waals surface area (Å²) >= 11 is 0. The van der Waals surface area contributed by atoms with Crippen molar-refractivity contribution >= 4 is 17.8 Å². The Kier molecular flexibility index (Phi) is 4.62. The molecular formula is C22H22N2O5. The highest BCUT2D eigenvalue weighted by Gasteiger charge is 2.69. The first-order chi connectivity index (χ1) is 14.0. The van der Waals surface area contributed by atoms with Crippen molar-refractivity contribution in [2.24, 2.45) is 11.8 Å². The number of carbonyl (C=O) groups is 3. The number of ether oxygens (including phenoxy) is 1. The van der Waals surface area contributed by atoms with Crippen LogP contribution in [-0.4, -0.2) is 41.4 Å². The molecule has 150 valence electrons. The smallest absolute Gasteiger partial charge is 0.331 e. The minimum atomic E-state index is -1.49. The molecule has 0 spiro atoms. The predicted molar refractivity (Wildman–Crippen MR) is 103 cm³/mol. The zero-order valence-corrected chi connectivity index (χ0v) is 16.2. The van der Waals surface area contributed by atoms with Crippen LogP contribution in [0.3, 0.4) is 0 Å². The number of methoxy groups -OCH3 is 1. The highest BCUT2D eigenvalue weighted by molar-refractivity contribution is 6.09. The number of imide groups is 1. The van der Waals surface area contributed by atoms with E-state index in [-0.39, 0.29) is 24.1 Å². The van der Waals surface area contributed by atoms with Gasteiger partial charge in [0.2, 0.25) is 11.8 Å². The molecule has 0 radical (unpaired) electrons. The number of phenols is 1. The second kappa shape index (κ2) is 7.00. The number of fused-ring (bicyclic) bond motifs is 1. The number of aromatic hydroxyl groups is 1. The molecule has 4 rings (SSSR count). The van der Waals surface area contributed by atoms with Crippen LogP contribution in [0, 0.1) is 11.8 Å². The number of hydrogen-bond acceptors (Lipinski definition) is 6. The molecule has 29 heavy (non-hydrogen) atoms. The van der Waals surface area contributed by atoms with E-state index in [1.807, 2.05) is 6.07 Å². The number of hydrogen-bond donors (Lipinski definition) is 2. The number of nitrogens with one attached hydrogen (secondary N) is 1. The van der Waals surface area contributed by atoms with Crippen LogP contribution in [0.1, 0.15) is 24.1 Å². The molecule has 2 aliphatic heterocycles. The lowest BCUT2D eigenvalue weighted by atomic mass is 9.75. The van der Waals surface area contributed by atoms with E-state index in [4.69, 9.17) is 4.74 Å². The van der Waals surface area contributed by atoms with Gasteiger partial charge in [0.15, 0.2) is 5.54 Å². The summed E-state index contributed by atoms with van der Waals surface area (Å²) in [5, 5.41) is 12.9. The molecule has 2 heterocycles. The zero-order chi connectivity index (χ0) is 20.8. The van der Waals surface area contributed by atoms with Gasteiger partial charge in [-0.3, -0.25) is 19.8 Å². The summed E-state index contributed by atoms with van der Waals surface area (Å²) in [6.45, 7) is 1.97. The molecule has 0 aliphatic carbocycles. The van der Waals surface area contributed by atoms with Crippen LogP contribution in [-0.2, 0) is 24.7 Å². The largest absolute Gasteiger partial charge is 0.508 e. The Morgan fingerprint density at radius 2 is 1.76 bits per heavy atom. The van der Waals surface area contributed by atoms with Crippen LogP contribution < -0.4 is 5.32 Å². The monoisotopic (exact) mass is 394 g/mol. The van der Waals surface area contributed by atoms with E-state index < -0.39 is 29.4 Å². The summed E-state index contributed by atoms with van der Waals surface area (Å²) < 4.78 is 5.13. The molecule has 0 saturated carbocycles. The average Bonchev–Trinajstić information content (AvgIpc) is 3.23. The number of amides is 2. The van der Waals surface area contributed by atoms with Crippen LogP contribution in [0.5, 0.6) is 5.75 Å². The fourth-order valence-corrected chi connectivity index (χ4v) is 4.68. The van der Waals surface area contributed by atoms with Gasteiger partial charge in [-0.05, 0) is 30.2 Å². The third-order valence-electron chi connectivity index (χ3n) is 5.96. The molecule has 2 fully saturated rings. The lowest BCUT2D eigenvalue weighted by molar-refractivity contribution is -0.154. The molecule has 7 heteroatoms. The third-order valence-corrected chi connectivity index (χ3v) is 5.96. The lowest BCUT2D eigenvalue weighted by Crippen LogP contribution is -2.53. The van der Waals surface area contributed by atoms with E-state index in [1.54, 1.807) is 43.3 Å². The number of phenolic OH excluding ortho intramolecular Hbond substituents is 1. The van der Waals surface area contributed by atoms with E-state index in [2.05, 4.69) is 5.32 Å². The van der Waals surface area contributed by atoms with Gasteiger partial charge in [-0.2, -0.15) is 0 Å². The Bertz CT molecular complexity index is 959. The normalized spacial score (nSPS) is 28.5. The second-order valence-electron chi connectivity index (χ2n) is 7.30. The maximum Gasteiger partial charge on any atom is 0.331 e. The van der Waals surface area contributed by atoms with Gasteiger partial charge in [-0.25, -0.2) is 4.79 Å². The molecule has 2 aromatic carbocycles. The summed E-state index contributed by atoms with van der Waals surface area (Å²) in [4.78, 5) is 40.8. The predicted octanol–water partition coefficient (Wildman–Crippen LogP) is 1.73. The molecule has 0 bridgehead atoms. The van der Waals surface area contributed by atoms with E-state index >= 15 is 0 Å². The third kappa shape index (κ3) is 2.65. The molecule has 2 aromatic rings. The first kappa shape index (κ1) is 19.1. The molecule has 0 aromatic heterocycles. The van der Waals surface area contributed by atoms with Gasteiger partial charge < -0.3 is 9.84 Å². The van der Waals surface area contributed by atoms with Crippen molar-refractivity contribution in [1.82, 2.24) is 10.2 Å². The van der Waals surface area contributed by atoms with Crippen molar-refractivity contribution in [1.29, 1.82) is 0 Å². The Balaban J connectivity index is 1.94. The lowest BCUT2D eigenvalue weighted by Gasteiger charge is -2.32. The minimum Gasteiger partial charge on any atom is -0.508 e. The SMILES string of the molecule is CCN1C(=O)[C@H]2[C@@H](c3ccc(O)cc3)N[C@](C(=O)OC)(c3ccccc3)[C@H]2C1=O. The molecule has 2 aliphatic rings. The van der Waals surface area contributed by atoms with Crippen molar-refractivity contribution in [2.45, 2.75) is 18.5 Å². The summed E-state index contributed by atoms with van der Waals surface area (Å²) in [6, 6.07) is 14.7. The van der Waals surface area contributed by atoms with Gasteiger partial charge in [0.05, 0.1) is 18.9 Å². The van der Waals surface area contributed by atoms with Crippen molar-refractivity contribution in [3.8, 4) is 5.75 Å². The number of likely N-dealkylation sites (tertiary alicyclic amines) is 1. The number of nitrogens with zero attached hydrogens (tertiary/aromatic N) is 1. The Hall–Kier alpha value is -3.19. The zero-order valence-electron chi connectivity index (χ0n) is 16.2. The minimum absolute atomic E-state index is 0.0922. The standard InChI is InChI=1S/C22H22N2O5/c1-3-24-19(26)16-17(20(24)27)22(21(28)29-2,14-7-5-4-6-8-14)23-18(16)13-9-11-15(25)12-10-13/h4-12,16-18,23,25H,3H2,1-2H3/t16-,17-,18-,22-/m1/s1. The van der Waals surface area contributed by atoms with Crippen molar-refractivity contribution in [3.63, 3.8) is 0 Å². The maximum atomic E-state index is 13.3. The Morgan fingerprint density at radius 1 is 1.10 bits per heavy atom. The van der Waals surface area contributed by atoms with Gasteiger partial charge in [-0.15, -0.1) is 0 Å². The molecule has 2 N–H and O–H groups in total. The van der Waals surface area contributed by atoms with Crippen molar-refractivity contribution in [2.75, 3.05) is 13.7 Å². The van der Waals surface area contributed by atoms with Crippen LogP contribution >= 0.6 is 0 Å². The number of benzene rings is 2. The first-order valence-corrected chi connectivity index (χ1v) is 9.51. The van der Waals surface area contributed by atoms with Crippen LogP contribution in [0.2, 0.25) is 0 Å². The first-order valence-electron chi connectivity index (χ1n) is 9.51. The summed E-state index contributed by atoms with van der Waals surface area (Å²) in [6.07, 6.45) is 0. The van der Waals surface area contributed by atoms with E-state index in [9.17, 15) is 19.5 Å². The number of carbonyl (C=O) groups excluding carboxylic acids is 3. The summed E-state index contributed by atoms with van der Waals surface area (Å²) in [5.41, 5.74) is -0.208. The average molecular weight is 394 g/mol. The molecule has 7 nitrogen and oxygen atoms in total. The van der Waals surface area contributed by atoms with Gasteiger partial charge in [0.25, 0.3) is 0 Å². The van der Waals surface area contributed by atoms with Gasteiger partial charge in [0, 0.05) is 12.6 Å². The molecular weight excluding hydrogens is 372 g/mol. The number of rotatable bonds is 4.